The standard InChI is InChI=1S/C15H23N3O/c1-18(2)14(12-6-4-3-5-7-12)11-17-15(19)13-8-9-16-10-13/h3-7,13-14,16H,8-11H2,1-2H3,(H,17,19). The maximum Gasteiger partial charge on any atom is 0.224 e. The molecule has 1 aromatic carbocycles. The highest BCUT2D eigenvalue weighted by Crippen LogP contribution is 2.17. The molecule has 1 fully saturated rings. The van der Waals surface area contributed by atoms with Gasteiger partial charge in [0, 0.05) is 13.1 Å². The van der Waals surface area contributed by atoms with E-state index in [2.05, 4.69) is 27.7 Å². The van der Waals surface area contributed by atoms with Crippen LogP contribution in [0.25, 0.3) is 0 Å². The summed E-state index contributed by atoms with van der Waals surface area (Å²) in [4.78, 5) is 14.2. The van der Waals surface area contributed by atoms with Crippen LogP contribution in [0.3, 0.4) is 0 Å². The number of rotatable bonds is 5. The van der Waals surface area contributed by atoms with Crippen LogP contribution < -0.4 is 10.6 Å². The number of likely N-dealkylation sites (N-methyl/N-ethyl adjacent to an activating group) is 1. The third-order valence-electron chi connectivity index (χ3n) is 3.71. The van der Waals surface area contributed by atoms with Gasteiger partial charge in [0.1, 0.15) is 0 Å². The Bertz CT molecular complexity index is 399. The molecule has 2 unspecified atom stereocenters. The fourth-order valence-corrected chi connectivity index (χ4v) is 2.49. The van der Waals surface area contributed by atoms with Crippen LogP contribution in [0.5, 0.6) is 0 Å². The SMILES string of the molecule is CN(C)C(CNC(=O)C1CCNC1)c1ccccc1. The van der Waals surface area contributed by atoms with Gasteiger partial charge in [0.2, 0.25) is 5.91 Å². The fourth-order valence-electron chi connectivity index (χ4n) is 2.49. The Kier molecular flexibility index (Phi) is 4.93. The Morgan fingerprint density at radius 3 is 2.74 bits per heavy atom. The summed E-state index contributed by atoms with van der Waals surface area (Å²) in [5.74, 6) is 0.311. The van der Waals surface area contributed by atoms with Crippen LogP contribution in [-0.2, 0) is 4.79 Å². The summed E-state index contributed by atoms with van der Waals surface area (Å²) < 4.78 is 0. The second-order valence-corrected chi connectivity index (χ2v) is 5.32. The van der Waals surface area contributed by atoms with E-state index in [-0.39, 0.29) is 17.9 Å². The lowest BCUT2D eigenvalue weighted by Gasteiger charge is -2.25. The summed E-state index contributed by atoms with van der Waals surface area (Å²) in [6.07, 6.45) is 0.948. The fraction of sp³-hybridized carbons (Fsp3) is 0.533. The average Bonchev–Trinajstić information content (AvgIpc) is 2.93. The number of amides is 1. The van der Waals surface area contributed by atoms with Gasteiger partial charge in [-0.25, -0.2) is 0 Å². The van der Waals surface area contributed by atoms with Crippen LogP contribution in [0.2, 0.25) is 0 Å². The molecule has 4 heteroatoms. The quantitative estimate of drug-likeness (QED) is 0.831. The molecule has 1 saturated heterocycles. The topological polar surface area (TPSA) is 44.4 Å². The summed E-state index contributed by atoms with van der Waals surface area (Å²) >= 11 is 0. The van der Waals surface area contributed by atoms with Gasteiger partial charge in [-0.15, -0.1) is 0 Å². The molecule has 1 aromatic rings. The lowest BCUT2D eigenvalue weighted by atomic mass is 10.0. The molecule has 0 spiro atoms. The summed E-state index contributed by atoms with van der Waals surface area (Å²) in [5, 5.41) is 6.31. The molecular formula is C15H23N3O. The number of benzene rings is 1. The largest absolute Gasteiger partial charge is 0.354 e. The molecule has 104 valence electrons. The van der Waals surface area contributed by atoms with Gasteiger partial charge in [0.25, 0.3) is 0 Å². The summed E-state index contributed by atoms with van der Waals surface area (Å²) in [5.41, 5.74) is 1.23. The van der Waals surface area contributed by atoms with Crippen LogP contribution in [0.4, 0.5) is 0 Å². The zero-order valence-corrected chi connectivity index (χ0v) is 11.7. The van der Waals surface area contributed by atoms with Crippen LogP contribution in [-0.4, -0.2) is 44.5 Å². The molecule has 0 radical (unpaired) electrons. The smallest absolute Gasteiger partial charge is 0.224 e. The summed E-state index contributed by atoms with van der Waals surface area (Å²) in [6.45, 7) is 2.42. The molecular weight excluding hydrogens is 238 g/mol. The van der Waals surface area contributed by atoms with Gasteiger partial charge in [-0.2, -0.15) is 0 Å². The lowest BCUT2D eigenvalue weighted by Crippen LogP contribution is -2.38. The molecule has 2 rings (SSSR count). The van der Waals surface area contributed by atoms with Crippen molar-refractivity contribution in [3.63, 3.8) is 0 Å². The molecule has 0 bridgehead atoms. The van der Waals surface area contributed by atoms with E-state index in [1.165, 1.54) is 5.56 Å². The van der Waals surface area contributed by atoms with Crippen molar-refractivity contribution in [1.82, 2.24) is 15.5 Å². The molecule has 0 aliphatic carbocycles. The van der Waals surface area contributed by atoms with Gasteiger partial charge in [-0.1, -0.05) is 30.3 Å². The van der Waals surface area contributed by atoms with E-state index in [0.717, 1.165) is 19.5 Å². The summed E-state index contributed by atoms with van der Waals surface area (Å²) in [6, 6.07) is 10.5. The van der Waals surface area contributed by atoms with Gasteiger partial charge >= 0.3 is 0 Å². The Labute approximate surface area is 115 Å². The number of hydrogen-bond acceptors (Lipinski definition) is 3. The molecule has 0 aromatic heterocycles. The van der Waals surface area contributed by atoms with Gasteiger partial charge < -0.3 is 15.5 Å². The molecule has 1 aliphatic rings. The first-order chi connectivity index (χ1) is 9.18. The molecule has 2 atom stereocenters. The normalized spacial score (nSPS) is 20.5. The van der Waals surface area contributed by atoms with Gasteiger partial charge in [0.05, 0.1) is 12.0 Å². The Morgan fingerprint density at radius 2 is 2.16 bits per heavy atom. The van der Waals surface area contributed by atoms with E-state index < -0.39 is 0 Å². The first-order valence-corrected chi connectivity index (χ1v) is 6.88. The molecule has 4 nitrogen and oxygen atoms in total. The Hall–Kier alpha value is -1.39. The number of hydrogen-bond donors (Lipinski definition) is 2. The van der Waals surface area contributed by atoms with Gasteiger partial charge in [-0.3, -0.25) is 4.79 Å². The van der Waals surface area contributed by atoms with Crippen molar-refractivity contribution in [2.75, 3.05) is 33.7 Å². The zero-order valence-electron chi connectivity index (χ0n) is 11.7. The molecule has 2 N–H and O–H groups in total. The lowest BCUT2D eigenvalue weighted by molar-refractivity contribution is -0.124. The zero-order chi connectivity index (χ0) is 13.7. The minimum absolute atomic E-state index is 0.138. The number of carbonyl (C=O) groups excluding carboxylic acids is 1. The van der Waals surface area contributed by atoms with Crippen LogP contribution in [0.1, 0.15) is 18.0 Å². The summed E-state index contributed by atoms with van der Waals surface area (Å²) in [7, 11) is 4.09. The highest BCUT2D eigenvalue weighted by molar-refractivity contribution is 5.79. The van der Waals surface area contributed by atoms with Crippen LogP contribution >= 0.6 is 0 Å². The predicted molar refractivity (Wildman–Crippen MR) is 76.9 cm³/mol. The maximum absolute atomic E-state index is 12.0. The first kappa shape index (κ1) is 14.0. The number of carbonyl (C=O) groups is 1. The van der Waals surface area contributed by atoms with E-state index in [1.807, 2.05) is 32.3 Å². The third-order valence-corrected chi connectivity index (χ3v) is 3.71. The van der Waals surface area contributed by atoms with Crippen molar-refractivity contribution >= 4 is 5.91 Å². The number of nitrogens with zero attached hydrogens (tertiary/aromatic N) is 1. The minimum Gasteiger partial charge on any atom is -0.354 e. The van der Waals surface area contributed by atoms with Gasteiger partial charge in [-0.05, 0) is 32.6 Å². The Morgan fingerprint density at radius 1 is 1.42 bits per heavy atom. The number of nitrogens with one attached hydrogen (secondary N) is 2. The molecule has 19 heavy (non-hydrogen) atoms. The van der Waals surface area contributed by atoms with E-state index in [1.54, 1.807) is 0 Å². The average molecular weight is 261 g/mol. The van der Waals surface area contributed by atoms with Crippen molar-refractivity contribution in [2.24, 2.45) is 5.92 Å². The Balaban J connectivity index is 1.92. The minimum atomic E-state index is 0.138. The highest BCUT2D eigenvalue weighted by Gasteiger charge is 2.23. The van der Waals surface area contributed by atoms with Crippen molar-refractivity contribution in [2.45, 2.75) is 12.5 Å². The van der Waals surface area contributed by atoms with E-state index in [4.69, 9.17) is 0 Å². The van der Waals surface area contributed by atoms with E-state index in [0.29, 0.717) is 6.54 Å². The van der Waals surface area contributed by atoms with Crippen molar-refractivity contribution in [3.05, 3.63) is 35.9 Å². The van der Waals surface area contributed by atoms with Crippen LogP contribution in [0.15, 0.2) is 30.3 Å². The second kappa shape index (κ2) is 6.68. The van der Waals surface area contributed by atoms with Crippen LogP contribution in [0, 0.1) is 5.92 Å². The van der Waals surface area contributed by atoms with Gasteiger partial charge in [0.15, 0.2) is 0 Å². The molecule has 1 amide bonds. The van der Waals surface area contributed by atoms with E-state index in [9.17, 15) is 4.79 Å². The predicted octanol–water partition coefficient (Wildman–Crippen LogP) is 1.02. The molecule has 1 heterocycles. The molecule has 1 aliphatic heterocycles. The third kappa shape index (κ3) is 3.78. The monoisotopic (exact) mass is 261 g/mol. The second-order valence-electron chi connectivity index (χ2n) is 5.32. The van der Waals surface area contributed by atoms with Crippen molar-refractivity contribution in [3.8, 4) is 0 Å². The molecule has 0 saturated carbocycles. The first-order valence-electron chi connectivity index (χ1n) is 6.88. The van der Waals surface area contributed by atoms with Crippen molar-refractivity contribution < 1.29 is 4.79 Å². The van der Waals surface area contributed by atoms with Crippen molar-refractivity contribution in [1.29, 1.82) is 0 Å². The van der Waals surface area contributed by atoms with E-state index >= 15 is 0 Å². The highest BCUT2D eigenvalue weighted by atomic mass is 16.1. The maximum atomic E-state index is 12.0.